The third kappa shape index (κ3) is 6.99. The van der Waals surface area contributed by atoms with Crippen molar-refractivity contribution in [2.75, 3.05) is 92.8 Å². The quantitative estimate of drug-likeness (QED) is 0.341. The molecule has 3 aliphatic heterocycles. The highest BCUT2D eigenvalue weighted by Gasteiger charge is 2.28. The minimum atomic E-state index is 0. The first-order chi connectivity index (χ1) is 12.7. The monoisotopic (exact) mass is 494 g/mol. The Morgan fingerprint density at radius 3 is 2.59 bits per heavy atom. The van der Waals surface area contributed by atoms with Gasteiger partial charge in [0.25, 0.3) is 0 Å². The second-order valence-electron chi connectivity index (χ2n) is 8.10. The molecule has 27 heavy (non-hydrogen) atoms. The molecule has 0 bridgehead atoms. The van der Waals surface area contributed by atoms with Gasteiger partial charge in [0.15, 0.2) is 5.96 Å². The van der Waals surface area contributed by atoms with Gasteiger partial charge in [-0.25, -0.2) is 0 Å². The van der Waals surface area contributed by atoms with Gasteiger partial charge in [0.2, 0.25) is 0 Å². The SMILES string of the molecule is CCNC(=NCC1CN(C)CCN1C)N1CCC(CN2CCOCC2)C1.I. The van der Waals surface area contributed by atoms with E-state index in [9.17, 15) is 0 Å². The van der Waals surface area contributed by atoms with Crippen LogP contribution in [0.2, 0.25) is 0 Å². The topological polar surface area (TPSA) is 46.6 Å². The summed E-state index contributed by atoms with van der Waals surface area (Å²) in [6.45, 7) is 14.8. The molecule has 0 saturated carbocycles. The maximum Gasteiger partial charge on any atom is 0.193 e. The number of morpholine rings is 1. The first-order valence-corrected chi connectivity index (χ1v) is 10.4. The van der Waals surface area contributed by atoms with Gasteiger partial charge in [-0.15, -0.1) is 24.0 Å². The van der Waals surface area contributed by atoms with Gasteiger partial charge in [0.1, 0.15) is 0 Å². The molecule has 3 heterocycles. The van der Waals surface area contributed by atoms with E-state index in [1.54, 1.807) is 0 Å². The minimum Gasteiger partial charge on any atom is -0.379 e. The van der Waals surface area contributed by atoms with Gasteiger partial charge in [-0.2, -0.15) is 0 Å². The molecule has 3 fully saturated rings. The number of aliphatic imine (C=N–C) groups is 1. The fourth-order valence-electron chi connectivity index (χ4n) is 4.24. The van der Waals surface area contributed by atoms with E-state index in [0.29, 0.717) is 6.04 Å². The molecule has 2 atom stereocenters. The van der Waals surface area contributed by atoms with Gasteiger partial charge >= 0.3 is 0 Å². The van der Waals surface area contributed by atoms with Gasteiger partial charge in [0, 0.05) is 64.9 Å². The van der Waals surface area contributed by atoms with Gasteiger partial charge in [-0.1, -0.05) is 0 Å². The van der Waals surface area contributed by atoms with Crippen molar-refractivity contribution in [2.45, 2.75) is 19.4 Å². The molecule has 0 aromatic carbocycles. The van der Waals surface area contributed by atoms with Gasteiger partial charge in [-0.3, -0.25) is 14.8 Å². The summed E-state index contributed by atoms with van der Waals surface area (Å²) in [5.74, 6) is 1.86. The normalized spacial score (nSPS) is 29.0. The summed E-state index contributed by atoms with van der Waals surface area (Å²) < 4.78 is 5.47. The smallest absolute Gasteiger partial charge is 0.193 e. The number of rotatable bonds is 5. The molecule has 8 heteroatoms. The Bertz CT molecular complexity index is 459. The standard InChI is InChI=1S/C19H38N6O.HI/c1-4-20-19(21-13-18-16-22(2)7-8-23(18)3)25-6-5-17(15-25)14-24-9-11-26-12-10-24;/h17-18H,4-16H2,1-3H3,(H,20,21);1H. The van der Waals surface area contributed by atoms with E-state index < -0.39 is 0 Å². The third-order valence-electron chi connectivity index (χ3n) is 5.97. The number of guanidine groups is 1. The van der Waals surface area contributed by atoms with Crippen LogP contribution >= 0.6 is 24.0 Å². The van der Waals surface area contributed by atoms with Crippen molar-refractivity contribution in [3.63, 3.8) is 0 Å². The fraction of sp³-hybridized carbons (Fsp3) is 0.947. The number of likely N-dealkylation sites (tertiary alicyclic amines) is 1. The number of nitrogens with one attached hydrogen (secondary N) is 1. The molecule has 158 valence electrons. The van der Waals surface area contributed by atoms with Crippen LogP contribution in [0.3, 0.4) is 0 Å². The lowest BCUT2D eigenvalue weighted by Crippen LogP contribution is -2.51. The van der Waals surface area contributed by atoms with Crippen molar-refractivity contribution in [1.29, 1.82) is 0 Å². The molecule has 0 amide bonds. The average molecular weight is 494 g/mol. The molecule has 0 aliphatic carbocycles. The van der Waals surface area contributed by atoms with E-state index in [4.69, 9.17) is 9.73 Å². The van der Waals surface area contributed by atoms with Crippen LogP contribution in [0, 0.1) is 5.92 Å². The van der Waals surface area contributed by atoms with Crippen LogP contribution in [0.1, 0.15) is 13.3 Å². The Morgan fingerprint density at radius 1 is 1.07 bits per heavy atom. The molecule has 0 radical (unpaired) electrons. The lowest BCUT2D eigenvalue weighted by molar-refractivity contribution is 0.0315. The van der Waals surface area contributed by atoms with E-state index in [1.807, 2.05) is 0 Å². The molecule has 1 N–H and O–H groups in total. The maximum atomic E-state index is 5.47. The molecule has 3 saturated heterocycles. The largest absolute Gasteiger partial charge is 0.379 e. The Kier molecular flexibility index (Phi) is 10.1. The number of piperazine rings is 1. The zero-order chi connectivity index (χ0) is 18.4. The van der Waals surface area contributed by atoms with E-state index in [-0.39, 0.29) is 24.0 Å². The molecule has 3 aliphatic rings. The van der Waals surface area contributed by atoms with Crippen molar-refractivity contribution in [2.24, 2.45) is 10.9 Å². The van der Waals surface area contributed by atoms with Gasteiger partial charge in [-0.05, 0) is 33.4 Å². The number of halogens is 1. The van der Waals surface area contributed by atoms with Crippen molar-refractivity contribution < 1.29 is 4.74 Å². The summed E-state index contributed by atoms with van der Waals surface area (Å²) in [7, 11) is 4.44. The molecule has 2 unspecified atom stereocenters. The summed E-state index contributed by atoms with van der Waals surface area (Å²) in [4.78, 5) is 14.9. The van der Waals surface area contributed by atoms with Crippen LogP contribution in [-0.2, 0) is 4.74 Å². The van der Waals surface area contributed by atoms with E-state index in [0.717, 1.165) is 84.0 Å². The van der Waals surface area contributed by atoms with Crippen LogP contribution < -0.4 is 5.32 Å². The van der Waals surface area contributed by atoms with Crippen LogP contribution in [0.4, 0.5) is 0 Å². The summed E-state index contributed by atoms with van der Waals surface area (Å²) in [6, 6.07) is 0.522. The molecule has 3 rings (SSSR count). The van der Waals surface area contributed by atoms with Crippen molar-refractivity contribution in [3.8, 4) is 0 Å². The first kappa shape index (κ1) is 23.1. The number of ether oxygens (including phenoxy) is 1. The Morgan fingerprint density at radius 2 is 1.85 bits per heavy atom. The molecule has 7 nitrogen and oxygen atoms in total. The van der Waals surface area contributed by atoms with Crippen LogP contribution in [-0.4, -0.2) is 124 Å². The maximum absolute atomic E-state index is 5.47. The van der Waals surface area contributed by atoms with Crippen LogP contribution in [0.5, 0.6) is 0 Å². The zero-order valence-electron chi connectivity index (χ0n) is 17.4. The Labute approximate surface area is 182 Å². The van der Waals surface area contributed by atoms with E-state index in [1.165, 1.54) is 13.0 Å². The molecular formula is C19H39IN6O. The minimum absolute atomic E-state index is 0. The number of hydrogen-bond acceptors (Lipinski definition) is 5. The number of likely N-dealkylation sites (N-methyl/N-ethyl adjacent to an activating group) is 2. The Balaban J connectivity index is 0.00000261. The summed E-state index contributed by atoms with van der Waals surface area (Å²) >= 11 is 0. The second-order valence-corrected chi connectivity index (χ2v) is 8.10. The van der Waals surface area contributed by atoms with E-state index >= 15 is 0 Å². The third-order valence-corrected chi connectivity index (χ3v) is 5.97. The average Bonchev–Trinajstić information content (AvgIpc) is 3.10. The highest BCUT2D eigenvalue weighted by atomic mass is 127. The first-order valence-electron chi connectivity index (χ1n) is 10.4. The lowest BCUT2D eigenvalue weighted by Gasteiger charge is -2.37. The highest BCUT2D eigenvalue weighted by molar-refractivity contribution is 14.0. The molecule has 0 spiro atoms. The molecule has 0 aromatic heterocycles. The molecular weight excluding hydrogens is 455 g/mol. The van der Waals surface area contributed by atoms with Crippen molar-refractivity contribution in [1.82, 2.24) is 24.9 Å². The highest BCUT2D eigenvalue weighted by Crippen LogP contribution is 2.18. The summed E-state index contributed by atoms with van der Waals surface area (Å²) in [5.41, 5.74) is 0. The predicted molar refractivity (Wildman–Crippen MR) is 122 cm³/mol. The van der Waals surface area contributed by atoms with E-state index in [2.05, 4.69) is 45.9 Å². The summed E-state index contributed by atoms with van der Waals surface area (Å²) in [5, 5.41) is 3.52. The number of hydrogen-bond donors (Lipinski definition) is 1. The Hall–Kier alpha value is -0.160. The second kappa shape index (κ2) is 11.7. The number of nitrogens with zero attached hydrogens (tertiary/aromatic N) is 5. The van der Waals surface area contributed by atoms with Crippen molar-refractivity contribution >= 4 is 29.9 Å². The molecule has 0 aromatic rings. The van der Waals surface area contributed by atoms with Crippen LogP contribution in [0.25, 0.3) is 0 Å². The predicted octanol–water partition coefficient (Wildman–Crippen LogP) is 0.470. The van der Waals surface area contributed by atoms with Gasteiger partial charge < -0.3 is 19.9 Å². The van der Waals surface area contributed by atoms with Gasteiger partial charge in [0.05, 0.1) is 19.8 Å². The zero-order valence-corrected chi connectivity index (χ0v) is 19.7. The summed E-state index contributed by atoms with van der Waals surface area (Å²) in [6.07, 6.45) is 1.27. The van der Waals surface area contributed by atoms with Crippen LogP contribution in [0.15, 0.2) is 4.99 Å². The lowest BCUT2D eigenvalue weighted by atomic mass is 10.1. The van der Waals surface area contributed by atoms with Crippen molar-refractivity contribution in [3.05, 3.63) is 0 Å². The fourth-order valence-corrected chi connectivity index (χ4v) is 4.24.